The van der Waals surface area contributed by atoms with Gasteiger partial charge in [-0.3, -0.25) is 0 Å². The Kier molecular flexibility index (Phi) is 5.46. The molecule has 0 aliphatic carbocycles. The normalized spacial score (nSPS) is 13.3. The lowest BCUT2D eigenvalue weighted by molar-refractivity contribution is 0.213. The fourth-order valence-corrected chi connectivity index (χ4v) is 1.87. The van der Waals surface area contributed by atoms with E-state index < -0.39 is 0 Å². The van der Waals surface area contributed by atoms with Crippen LogP contribution in [-0.4, -0.2) is 26.5 Å². The van der Waals surface area contributed by atoms with Gasteiger partial charge in [0.15, 0.2) is 0 Å². The molecule has 1 rings (SSSR count). The Morgan fingerprint density at radius 2 is 2.19 bits per heavy atom. The summed E-state index contributed by atoms with van der Waals surface area (Å²) in [6.07, 6.45) is 4.59. The first kappa shape index (κ1) is 13.2. The van der Waals surface area contributed by atoms with Crippen LogP contribution in [-0.2, 0) is 13.0 Å². The maximum atomic E-state index is 9.27. The number of hydrogen-bond donors (Lipinski definition) is 1. The number of aromatic nitrogens is 3. The third-order valence-corrected chi connectivity index (χ3v) is 2.66. The van der Waals surface area contributed by atoms with E-state index in [1.165, 1.54) is 0 Å². The second-order valence-corrected chi connectivity index (χ2v) is 4.79. The molecule has 1 atom stereocenters. The molecule has 0 saturated heterocycles. The molecule has 0 spiro atoms. The SMILES string of the molecule is CCCC(CO)Cc1ncnn1CC(C)C. The molecule has 92 valence electrons. The predicted molar refractivity (Wildman–Crippen MR) is 64.0 cm³/mol. The topological polar surface area (TPSA) is 50.9 Å². The second-order valence-electron chi connectivity index (χ2n) is 4.79. The van der Waals surface area contributed by atoms with Gasteiger partial charge in [0.25, 0.3) is 0 Å². The Morgan fingerprint density at radius 1 is 1.44 bits per heavy atom. The lowest BCUT2D eigenvalue weighted by atomic mass is 10.0. The molecule has 16 heavy (non-hydrogen) atoms. The van der Waals surface area contributed by atoms with Gasteiger partial charge in [0.1, 0.15) is 12.2 Å². The Balaban J connectivity index is 2.61. The maximum Gasteiger partial charge on any atom is 0.138 e. The fraction of sp³-hybridized carbons (Fsp3) is 0.833. The summed E-state index contributed by atoms with van der Waals surface area (Å²) in [5.41, 5.74) is 0. The smallest absolute Gasteiger partial charge is 0.138 e. The molecule has 0 bridgehead atoms. The summed E-state index contributed by atoms with van der Waals surface area (Å²) in [7, 11) is 0. The summed E-state index contributed by atoms with van der Waals surface area (Å²) in [6, 6.07) is 0. The van der Waals surface area contributed by atoms with Gasteiger partial charge in [0, 0.05) is 19.6 Å². The van der Waals surface area contributed by atoms with Gasteiger partial charge >= 0.3 is 0 Å². The molecule has 0 fully saturated rings. The number of aliphatic hydroxyl groups excluding tert-OH is 1. The third kappa shape index (κ3) is 3.93. The highest BCUT2D eigenvalue weighted by molar-refractivity contribution is 4.87. The first-order valence-electron chi connectivity index (χ1n) is 6.14. The Bertz CT molecular complexity index is 296. The van der Waals surface area contributed by atoms with Crippen molar-refractivity contribution in [1.29, 1.82) is 0 Å². The van der Waals surface area contributed by atoms with E-state index in [4.69, 9.17) is 0 Å². The predicted octanol–water partition coefficient (Wildman–Crippen LogP) is 1.89. The van der Waals surface area contributed by atoms with E-state index in [-0.39, 0.29) is 6.61 Å². The maximum absolute atomic E-state index is 9.27. The number of aliphatic hydroxyl groups is 1. The molecule has 4 nitrogen and oxygen atoms in total. The van der Waals surface area contributed by atoms with Gasteiger partial charge < -0.3 is 5.11 Å². The summed E-state index contributed by atoms with van der Waals surface area (Å²) < 4.78 is 1.96. The molecule has 0 amide bonds. The zero-order chi connectivity index (χ0) is 12.0. The van der Waals surface area contributed by atoms with Gasteiger partial charge in [-0.1, -0.05) is 27.2 Å². The largest absolute Gasteiger partial charge is 0.396 e. The molecular weight excluding hydrogens is 202 g/mol. The van der Waals surface area contributed by atoms with E-state index in [1.54, 1.807) is 6.33 Å². The lowest BCUT2D eigenvalue weighted by Crippen LogP contribution is -2.16. The molecule has 0 aliphatic rings. The van der Waals surface area contributed by atoms with Gasteiger partial charge in [-0.05, 0) is 18.3 Å². The molecule has 0 aromatic carbocycles. The monoisotopic (exact) mass is 225 g/mol. The quantitative estimate of drug-likeness (QED) is 0.771. The Morgan fingerprint density at radius 3 is 2.75 bits per heavy atom. The van der Waals surface area contributed by atoms with Crippen LogP contribution in [0, 0.1) is 11.8 Å². The van der Waals surface area contributed by atoms with E-state index in [1.807, 2.05) is 4.68 Å². The van der Waals surface area contributed by atoms with E-state index in [2.05, 4.69) is 30.9 Å². The average Bonchev–Trinajstić information content (AvgIpc) is 2.64. The van der Waals surface area contributed by atoms with Crippen LogP contribution in [0.4, 0.5) is 0 Å². The minimum Gasteiger partial charge on any atom is -0.396 e. The molecule has 1 unspecified atom stereocenters. The first-order valence-corrected chi connectivity index (χ1v) is 6.14. The summed E-state index contributed by atoms with van der Waals surface area (Å²) in [4.78, 5) is 4.28. The van der Waals surface area contributed by atoms with Crippen LogP contribution in [0.15, 0.2) is 6.33 Å². The van der Waals surface area contributed by atoms with Crippen LogP contribution in [0.3, 0.4) is 0 Å². The second kappa shape index (κ2) is 6.63. The van der Waals surface area contributed by atoms with E-state index in [0.29, 0.717) is 11.8 Å². The van der Waals surface area contributed by atoms with E-state index in [0.717, 1.165) is 31.6 Å². The van der Waals surface area contributed by atoms with Crippen molar-refractivity contribution < 1.29 is 5.11 Å². The molecule has 1 aromatic heterocycles. The summed E-state index contributed by atoms with van der Waals surface area (Å²) >= 11 is 0. The molecule has 0 radical (unpaired) electrons. The molecule has 4 heteroatoms. The molecular formula is C12H23N3O. The fourth-order valence-electron chi connectivity index (χ4n) is 1.87. The zero-order valence-electron chi connectivity index (χ0n) is 10.6. The van der Waals surface area contributed by atoms with Crippen LogP contribution in [0.2, 0.25) is 0 Å². The lowest BCUT2D eigenvalue weighted by Gasteiger charge is -2.14. The molecule has 0 aliphatic heterocycles. The molecule has 1 N–H and O–H groups in total. The highest BCUT2D eigenvalue weighted by atomic mass is 16.3. The van der Waals surface area contributed by atoms with Gasteiger partial charge in [-0.25, -0.2) is 9.67 Å². The Labute approximate surface area is 97.7 Å². The highest BCUT2D eigenvalue weighted by Gasteiger charge is 2.13. The van der Waals surface area contributed by atoms with Crippen molar-refractivity contribution in [2.75, 3.05) is 6.61 Å². The van der Waals surface area contributed by atoms with Gasteiger partial charge in [-0.2, -0.15) is 5.10 Å². The minimum absolute atomic E-state index is 0.238. The minimum atomic E-state index is 0.238. The van der Waals surface area contributed by atoms with Crippen LogP contribution >= 0.6 is 0 Å². The van der Waals surface area contributed by atoms with Crippen molar-refractivity contribution in [3.8, 4) is 0 Å². The summed E-state index contributed by atoms with van der Waals surface area (Å²) in [5.74, 6) is 1.89. The van der Waals surface area contributed by atoms with Crippen molar-refractivity contribution >= 4 is 0 Å². The van der Waals surface area contributed by atoms with E-state index >= 15 is 0 Å². The number of hydrogen-bond acceptors (Lipinski definition) is 3. The van der Waals surface area contributed by atoms with Crippen LogP contribution in [0.1, 0.15) is 39.4 Å². The molecule has 1 heterocycles. The standard InChI is InChI=1S/C12H23N3O/c1-4-5-11(8-16)6-12-13-9-14-15(12)7-10(2)3/h9-11,16H,4-8H2,1-3H3. The third-order valence-electron chi connectivity index (χ3n) is 2.66. The Hall–Kier alpha value is -0.900. The van der Waals surface area contributed by atoms with Crippen molar-refractivity contribution in [3.63, 3.8) is 0 Å². The first-order chi connectivity index (χ1) is 7.67. The van der Waals surface area contributed by atoms with Crippen molar-refractivity contribution in [2.24, 2.45) is 11.8 Å². The van der Waals surface area contributed by atoms with E-state index in [9.17, 15) is 5.11 Å². The van der Waals surface area contributed by atoms with Crippen LogP contribution in [0.5, 0.6) is 0 Å². The average molecular weight is 225 g/mol. The zero-order valence-corrected chi connectivity index (χ0v) is 10.6. The highest BCUT2D eigenvalue weighted by Crippen LogP contribution is 2.12. The summed E-state index contributed by atoms with van der Waals surface area (Å²) in [5, 5.41) is 13.5. The van der Waals surface area contributed by atoms with Gasteiger partial charge in [-0.15, -0.1) is 0 Å². The van der Waals surface area contributed by atoms with Crippen LogP contribution in [0.25, 0.3) is 0 Å². The number of nitrogens with zero attached hydrogens (tertiary/aromatic N) is 3. The van der Waals surface area contributed by atoms with Crippen molar-refractivity contribution in [2.45, 2.75) is 46.6 Å². The number of rotatable bonds is 7. The molecule has 0 saturated carbocycles. The molecule has 1 aromatic rings. The van der Waals surface area contributed by atoms with Gasteiger partial charge in [0.2, 0.25) is 0 Å². The van der Waals surface area contributed by atoms with Crippen molar-refractivity contribution in [3.05, 3.63) is 12.2 Å². The summed E-state index contributed by atoms with van der Waals surface area (Å²) in [6.45, 7) is 7.62. The van der Waals surface area contributed by atoms with Gasteiger partial charge in [0.05, 0.1) is 0 Å². The van der Waals surface area contributed by atoms with Crippen molar-refractivity contribution in [1.82, 2.24) is 14.8 Å². The van der Waals surface area contributed by atoms with Crippen LogP contribution < -0.4 is 0 Å².